The molecule has 7 heteroatoms. The molecule has 1 unspecified atom stereocenters. The predicted octanol–water partition coefficient (Wildman–Crippen LogP) is 3.15. The highest BCUT2D eigenvalue weighted by molar-refractivity contribution is 6.42. The van der Waals surface area contributed by atoms with Gasteiger partial charge in [-0.1, -0.05) is 29.3 Å². The molecule has 0 spiro atoms. The first-order valence-electron chi connectivity index (χ1n) is 7.43. The summed E-state index contributed by atoms with van der Waals surface area (Å²) in [5.74, 6) is -1.03. The summed E-state index contributed by atoms with van der Waals surface area (Å²) < 4.78 is 1.21. The van der Waals surface area contributed by atoms with Crippen LogP contribution in [0.4, 0.5) is 0 Å². The first kappa shape index (κ1) is 18.4. The lowest BCUT2D eigenvalue weighted by molar-refractivity contribution is 0.0935. The van der Waals surface area contributed by atoms with Crippen LogP contribution >= 0.6 is 23.2 Å². The number of carbonyl (C=O) groups is 1. The normalized spacial score (nSPS) is 12.0. The van der Waals surface area contributed by atoms with Crippen LogP contribution in [0.3, 0.4) is 0 Å². The van der Waals surface area contributed by atoms with Crippen LogP contribution in [0.15, 0.2) is 35.3 Å². The van der Waals surface area contributed by atoms with Crippen LogP contribution in [0, 0.1) is 0 Å². The molecule has 0 radical (unpaired) electrons. The van der Waals surface area contributed by atoms with Crippen molar-refractivity contribution in [2.75, 3.05) is 0 Å². The van der Waals surface area contributed by atoms with Gasteiger partial charge < -0.3 is 15.0 Å². The minimum Gasteiger partial charge on any atom is -0.502 e. The molecule has 0 saturated heterocycles. The van der Waals surface area contributed by atoms with Gasteiger partial charge in [0.15, 0.2) is 5.75 Å². The van der Waals surface area contributed by atoms with Crippen molar-refractivity contribution in [3.05, 3.63) is 62.0 Å². The maximum absolute atomic E-state index is 12.2. The van der Waals surface area contributed by atoms with Crippen LogP contribution in [0.2, 0.25) is 10.0 Å². The van der Waals surface area contributed by atoms with E-state index in [9.17, 15) is 14.7 Å². The van der Waals surface area contributed by atoms with Crippen LogP contribution in [-0.4, -0.2) is 21.6 Å². The van der Waals surface area contributed by atoms with E-state index in [1.807, 2.05) is 13.0 Å². The summed E-state index contributed by atoms with van der Waals surface area (Å²) in [6, 6.07) is 6.69. The Morgan fingerprint density at radius 3 is 2.67 bits per heavy atom. The van der Waals surface area contributed by atoms with Crippen LogP contribution in [-0.2, 0) is 13.5 Å². The zero-order valence-electron chi connectivity index (χ0n) is 13.3. The molecule has 0 aliphatic heterocycles. The average molecular weight is 369 g/mol. The molecule has 1 amide bonds. The van der Waals surface area contributed by atoms with Gasteiger partial charge in [0.1, 0.15) is 0 Å². The van der Waals surface area contributed by atoms with Crippen molar-refractivity contribution < 1.29 is 9.90 Å². The van der Waals surface area contributed by atoms with Gasteiger partial charge in [-0.25, -0.2) is 0 Å². The molecule has 2 rings (SSSR count). The van der Waals surface area contributed by atoms with Crippen LogP contribution in [0.25, 0.3) is 0 Å². The van der Waals surface area contributed by atoms with Crippen molar-refractivity contribution in [1.82, 2.24) is 9.88 Å². The van der Waals surface area contributed by atoms with Gasteiger partial charge >= 0.3 is 0 Å². The first-order valence-corrected chi connectivity index (χ1v) is 8.18. The lowest BCUT2D eigenvalue weighted by Gasteiger charge is -2.15. The van der Waals surface area contributed by atoms with Crippen molar-refractivity contribution in [2.45, 2.75) is 25.8 Å². The van der Waals surface area contributed by atoms with Gasteiger partial charge in [0, 0.05) is 19.3 Å². The average Bonchev–Trinajstić information content (AvgIpc) is 2.53. The maximum atomic E-state index is 12.2. The molecule has 2 aromatic rings. The number of nitrogens with one attached hydrogen (secondary N) is 1. The molecule has 0 bridgehead atoms. The number of nitrogens with zero attached hydrogens (tertiary/aromatic N) is 1. The Hall–Kier alpha value is -1.98. The summed E-state index contributed by atoms with van der Waals surface area (Å²) in [5.41, 5.74) is 0.382. The third kappa shape index (κ3) is 4.30. The summed E-state index contributed by atoms with van der Waals surface area (Å²) in [7, 11) is 1.50. The number of aromatic nitrogens is 1. The van der Waals surface area contributed by atoms with E-state index in [1.165, 1.54) is 23.9 Å². The Balaban J connectivity index is 1.98. The van der Waals surface area contributed by atoms with Crippen molar-refractivity contribution in [3.8, 4) is 5.75 Å². The number of carbonyl (C=O) groups excluding carboxylic acids is 1. The minimum absolute atomic E-state index is 0.0283. The summed E-state index contributed by atoms with van der Waals surface area (Å²) in [5, 5.41) is 13.6. The predicted molar refractivity (Wildman–Crippen MR) is 95.1 cm³/mol. The Bertz CT molecular complexity index is 818. The van der Waals surface area contributed by atoms with Gasteiger partial charge in [-0.15, -0.1) is 0 Å². The largest absolute Gasteiger partial charge is 0.502 e. The van der Waals surface area contributed by atoms with E-state index in [0.29, 0.717) is 22.9 Å². The van der Waals surface area contributed by atoms with Gasteiger partial charge in [-0.2, -0.15) is 0 Å². The molecule has 2 N–H and O–H groups in total. The maximum Gasteiger partial charge on any atom is 0.293 e. The molecule has 0 aliphatic rings. The number of aromatic hydroxyl groups is 1. The number of pyridine rings is 1. The quantitative estimate of drug-likeness (QED) is 0.851. The zero-order valence-corrected chi connectivity index (χ0v) is 14.9. The number of amides is 1. The topological polar surface area (TPSA) is 71.3 Å². The van der Waals surface area contributed by atoms with Crippen molar-refractivity contribution in [2.24, 2.45) is 7.05 Å². The fourth-order valence-electron chi connectivity index (χ4n) is 2.25. The summed E-state index contributed by atoms with van der Waals surface area (Å²) in [4.78, 5) is 23.9. The molecule has 1 heterocycles. The van der Waals surface area contributed by atoms with Crippen LogP contribution < -0.4 is 10.9 Å². The number of benzene rings is 1. The van der Waals surface area contributed by atoms with Crippen molar-refractivity contribution in [3.63, 3.8) is 0 Å². The molecule has 24 heavy (non-hydrogen) atoms. The molecule has 128 valence electrons. The van der Waals surface area contributed by atoms with E-state index in [0.717, 1.165) is 5.56 Å². The lowest BCUT2D eigenvalue weighted by Crippen LogP contribution is -2.34. The van der Waals surface area contributed by atoms with E-state index in [1.54, 1.807) is 12.1 Å². The second kappa shape index (κ2) is 7.73. The minimum atomic E-state index is -0.605. The summed E-state index contributed by atoms with van der Waals surface area (Å²) in [6.07, 6.45) is 2.83. The zero-order chi connectivity index (χ0) is 17.9. The van der Waals surface area contributed by atoms with Gasteiger partial charge in [0.2, 0.25) is 0 Å². The second-order valence-corrected chi connectivity index (χ2v) is 6.47. The van der Waals surface area contributed by atoms with Crippen LogP contribution in [0.5, 0.6) is 5.75 Å². The van der Waals surface area contributed by atoms with Crippen LogP contribution in [0.1, 0.15) is 29.3 Å². The molecule has 1 aromatic heterocycles. The monoisotopic (exact) mass is 368 g/mol. The fourth-order valence-corrected chi connectivity index (χ4v) is 2.57. The second-order valence-electron chi connectivity index (χ2n) is 5.66. The highest BCUT2D eigenvalue weighted by Crippen LogP contribution is 2.23. The molecule has 1 atom stereocenters. The number of aryl methyl sites for hydroxylation is 2. The molecule has 0 aliphatic carbocycles. The fraction of sp³-hybridized carbons (Fsp3) is 0.294. The summed E-state index contributed by atoms with van der Waals surface area (Å²) >= 11 is 11.9. The molecular formula is C17H18Cl2N2O3. The third-order valence-corrected chi connectivity index (χ3v) is 4.45. The standard InChI is InChI=1S/C17H18Cl2N2O3/c1-10(3-4-11-5-6-13(18)14(19)9-11)20-16(23)12-7-8-21(2)17(24)15(12)22/h5-10,22H,3-4H2,1-2H3,(H,20,23). The van der Waals surface area contributed by atoms with E-state index in [-0.39, 0.29) is 11.6 Å². The lowest BCUT2D eigenvalue weighted by atomic mass is 10.1. The Labute approximate surface area is 149 Å². The molecule has 5 nitrogen and oxygen atoms in total. The highest BCUT2D eigenvalue weighted by atomic mass is 35.5. The van der Waals surface area contributed by atoms with E-state index < -0.39 is 17.2 Å². The Morgan fingerprint density at radius 1 is 1.29 bits per heavy atom. The smallest absolute Gasteiger partial charge is 0.293 e. The number of hydrogen-bond acceptors (Lipinski definition) is 3. The first-order chi connectivity index (χ1) is 11.3. The van der Waals surface area contributed by atoms with Crippen molar-refractivity contribution in [1.29, 1.82) is 0 Å². The molecule has 1 aromatic carbocycles. The SMILES string of the molecule is CC(CCc1ccc(Cl)c(Cl)c1)NC(=O)c1ccn(C)c(=O)c1O. The van der Waals surface area contributed by atoms with Gasteiger partial charge in [-0.05, 0) is 43.5 Å². The van der Waals surface area contributed by atoms with Crippen molar-refractivity contribution >= 4 is 29.1 Å². The highest BCUT2D eigenvalue weighted by Gasteiger charge is 2.16. The van der Waals surface area contributed by atoms with E-state index >= 15 is 0 Å². The number of hydrogen-bond donors (Lipinski definition) is 2. The van der Waals surface area contributed by atoms with Gasteiger partial charge in [-0.3, -0.25) is 9.59 Å². The molecular weight excluding hydrogens is 351 g/mol. The molecule has 0 saturated carbocycles. The Kier molecular flexibility index (Phi) is 5.91. The number of halogens is 2. The van der Waals surface area contributed by atoms with E-state index in [2.05, 4.69) is 5.32 Å². The molecule has 0 fully saturated rings. The Morgan fingerprint density at radius 2 is 2.00 bits per heavy atom. The third-order valence-electron chi connectivity index (χ3n) is 3.72. The van der Waals surface area contributed by atoms with E-state index in [4.69, 9.17) is 23.2 Å². The summed E-state index contributed by atoms with van der Waals surface area (Å²) in [6.45, 7) is 1.85. The number of rotatable bonds is 5. The van der Waals surface area contributed by atoms with Gasteiger partial charge in [0.25, 0.3) is 11.5 Å². The van der Waals surface area contributed by atoms with Gasteiger partial charge in [0.05, 0.1) is 15.6 Å².